The van der Waals surface area contributed by atoms with Crippen molar-refractivity contribution in [3.63, 3.8) is 0 Å². The van der Waals surface area contributed by atoms with Crippen LogP contribution in [0.5, 0.6) is 0 Å². The number of nitrogens with two attached hydrogens (primary N) is 1. The van der Waals surface area contributed by atoms with Crippen molar-refractivity contribution in [1.29, 1.82) is 0 Å². The molecule has 1 heterocycles. The van der Waals surface area contributed by atoms with E-state index in [4.69, 9.17) is 5.73 Å². The predicted molar refractivity (Wildman–Crippen MR) is 57.4 cm³/mol. The van der Waals surface area contributed by atoms with Gasteiger partial charge in [-0.1, -0.05) is 6.92 Å². The number of nitrogens with zero attached hydrogens (tertiary/aromatic N) is 1. The van der Waals surface area contributed by atoms with Crippen molar-refractivity contribution in [3.8, 4) is 0 Å². The molecular weight excluding hydrogens is 251 g/mol. The molecule has 5 nitrogen and oxygen atoms in total. The molecule has 1 aliphatic heterocycles. The second kappa shape index (κ2) is 5.55. The van der Waals surface area contributed by atoms with Crippen LogP contribution in [0.1, 0.15) is 13.3 Å². The number of nitrogens with one attached hydrogen (secondary N) is 1. The highest BCUT2D eigenvalue weighted by Crippen LogP contribution is 2.20. The lowest BCUT2D eigenvalue weighted by Crippen LogP contribution is -2.46. The number of carbonyl (C=O) groups is 2. The molecule has 0 aromatic carbocycles. The summed E-state index contributed by atoms with van der Waals surface area (Å²) >= 11 is 0. The Labute approximate surface area is 102 Å². The maximum Gasteiger partial charge on any atom is 0.406 e. The van der Waals surface area contributed by atoms with Crippen LogP contribution in [0.15, 0.2) is 0 Å². The van der Waals surface area contributed by atoms with Gasteiger partial charge >= 0.3 is 6.18 Å². The molecule has 0 bridgehead atoms. The summed E-state index contributed by atoms with van der Waals surface area (Å²) in [6.07, 6.45) is -4.23. The number of rotatable bonds is 4. The lowest BCUT2D eigenvalue weighted by molar-refractivity contribution is -0.158. The Morgan fingerprint density at radius 3 is 2.72 bits per heavy atom. The molecule has 0 saturated carbocycles. The van der Waals surface area contributed by atoms with E-state index in [1.54, 1.807) is 6.92 Å². The van der Waals surface area contributed by atoms with E-state index in [1.165, 1.54) is 0 Å². The summed E-state index contributed by atoms with van der Waals surface area (Å²) in [4.78, 5) is 23.8. The third kappa shape index (κ3) is 3.86. The molecule has 0 spiro atoms. The van der Waals surface area contributed by atoms with Crippen LogP contribution in [0.2, 0.25) is 0 Å². The van der Waals surface area contributed by atoms with Crippen LogP contribution in [-0.4, -0.2) is 48.6 Å². The standard InChI is InChI=1S/C10H16F3N3O2/c1-6(4-14)8(17)15-7-2-3-16(9(7)18)5-10(11,12)13/h6-7H,2-5,14H2,1H3,(H,15,17). The number of hydrogen-bond acceptors (Lipinski definition) is 3. The number of hydrogen-bond donors (Lipinski definition) is 2. The molecule has 0 radical (unpaired) electrons. The molecule has 1 fully saturated rings. The summed E-state index contributed by atoms with van der Waals surface area (Å²) < 4.78 is 36.5. The normalized spacial score (nSPS) is 22.2. The highest BCUT2D eigenvalue weighted by Gasteiger charge is 2.39. The van der Waals surface area contributed by atoms with Crippen molar-refractivity contribution in [2.24, 2.45) is 11.7 Å². The predicted octanol–water partition coefficient (Wildman–Crippen LogP) is -0.139. The van der Waals surface area contributed by atoms with Crippen LogP contribution >= 0.6 is 0 Å². The molecule has 1 saturated heterocycles. The molecule has 3 N–H and O–H groups in total. The summed E-state index contributed by atoms with van der Waals surface area (Å²) in [5.41, 5.74) is 5.29. The van der Waals surface area contributed by atoms with Crippen molar-refractivity contribution >= 4 is 11.8 Å². The third-order valence-corrected chi connectivity index (χ3v) is 2.79. The first-order valence-corrected chi connectivity index (χ1v) is 5.60. The van der Waals surface area contributed by atoms with Crippen molar-refractivity contribution in [1.82, 2.24) is 10.2 Å². The fourth-order valence-electron chi connectivity index (χ4n) is 1.67. The minimum absolute atomic E-state index is 0.000294. The van der Waals surface area contributed by atoms with E-state index in [0.717, 1.165) is 0 Å². The van der Waals surface area contributed by atoms with Crippen LogP contribution in [0.25, 0.3) is 0 Å². The Hall–Kier alpha value is -1.31. The summed E-state index contributed by atoms with van der Waals surface area (Å²) in [6, 6.07) is -0.867. The first-order valence-electron chi connectivity index (χ1n) is 5.60. The number of alkyl halides is 3. The van der Waals surface area contributed by atoms with E-state index in [2.05, 4.69) is 5.32 Å². The van der Waals surface area contributed by atoms with Crippen molar-refractivity contribution < 1.29 is 22.8 Å². The summed E-state index contributed by atoms with van der Waals surface area (Å²) in [6.45, 7) is 0.437. The van der Waals surface area contributed by atoms with Crippen LogP contribution in [0.3, 0.4) is 0 Å². The first-order chi connectivity index (χ1) is 8.24. The Morgan fingerprint density at radius 2 is 2.22 bits per heavy atom. The van der Waals surface area contributed by atoms with Crippen LogP contribution < -0.4 is 11.1 Å². The van der Waals surface area contributed by atoms with Gasteiger partial charge in [0.25, 0.3) is 0 Å². The first kappa shape index (κ1) is 14.7. The smallest absolute Gasteiger partial charge is 0.344 e. The molecule has 8 heteroatoms. The Balaban J connectivity index is 2.52. The van der Waals surface area contributed by atoms with E-state index in [1.807, 2.05) is 0 Å². The van der Waals surface area contributed by atoms with Crippen LogP contribution in [-0.2, 0) is 9.59 Å². The largest absolute Gasteiger partial charge is 0.406 e. The minimum Gasteiger partial charge on any atom is -0.344 e. The zero-order chi connectivity index (χ0) is 13.9. The topological polar surface area (TPSA) is 75.4 Å². The van der Waals surface area contributed by atoms with Gasteiger partial charge in [0, 0.05) is 19.0 Å². The summed E-state index contributed by atoms with van der Waals surface area (Å²) in [5, 5.41) is 2.42. The van der Waals surface area contributed by atoms with Crippen molar-refractivity contribution in [2.75, 3.05) is 19.6 Å². The van der Waals surface area contributed by atoms with Gasteiger partial charge in [0.15, 0.2) is 0 Å². The van der Waals surface area contributed by atoms with Gasteiger partial charge < -0.3 is 16.0 Å². The second-order valence-corrected chi connectivity index (χ2v) is 4.36. The van der Waals surface area contributed by atoms with E-state index in [-0.39, 0.29) is 19.5 Å². The molecule has 1 aliphatic rings. The van der Waals surface area contributed by atoms with Gasteiger partial charge in [0.1, 0.15) is 12.6 Å². The van der Waals surface area contributed by atoms with E-state index < -0.39 is 36.5 Å². The van der Waals surface area contributed by atoms with Crippen molar-refractivity contribution in [2.45, 2.75) is 25.6 Å². The number of halogens is 3. The van der Waals surface area contributed by atoms with Gasteiger partial charge in [-0.15, -0.1) is 0 Å². The molecule has 18 heavy (non-hydrogen) atoms. The quantitative estimate of drug-likeness (QED) is 0.744. The monoisotopic (exact) mass is 267 g/mol. The average Bonchev–Trinajstić information content (AvgIpc) is 2.58. The van der Waals surface area contributed by atoms with Gasteiger partial charge in [-0.2, -0.15) is 13.2 Å². The van der Waals surface area contributed by atoms with Gasteiger partial charge in [-0.05, 0) is 6.42 Å². The highest BCUT2D eigenvalue weighted by molar-refractivity contribution is 5.89. The molecule has 0 aromatic heterocycles. The van der Waals surface area contributed by atoms with Gasteiger partial charge in [-0.25, -0.2) is 0 Å². The molecule has 1 rings (SSSR count). The lowest BCUT2D eigenvalue weighted by atomic mass is 10.1. The fraction of sp³-hybridized carbons (Fsp3) is 0.800. The SMILES string of the molecule is CC(CN)C(=O)NC1CCN(CC(F)(F)F)C1=O. The van der Waals surface area contributed by atoms with Crippen molar-refractivity contribution in [3.05, 3.63) is 0 Å². The molecule has 0 aromatic rings. The molecule has 0 aliphatic carbocycles. The summed E-state index contributed by atoms with van der Waals surface area (Å²) in [7, 11) is 0. The number of likely N-dealkylation sites (tertiary alicyclic amines) is 1. The Bertz CT molecular complexity index is 333. The third-order valence-electron chi connectivity index (χ3n) is 2.79. The molecule has 104 valence electrons. The lowest BCUT2D eigenvalue weighted by Gasteiger charge is -2.19. The minimum atomic E-state index is -4.42. The Morgan fingerprint density at radius 1 is 1.61 bits per heavy atom. The average molecular weight is 267 g/mol. The van der Waals surface area contributed by atoms with Crippen LogP contribution in [0, 0.1) is 5.92 Å². The van der Waals surface area contributed by atoms with Gasteiger partial charge in [-0.3, -0.25) is 9.59 Å². The molecular formula is C10H16F3N3O2. The number of carbonyl (C=O) groups excluding carboxylic acids is 2. The van der Waals surface area contributed by atoms with Gasteiger partial charge in [0.2, 0.25) is 11.8 Å². The maximum absolute atomic E-state index is 12.2. The van der Waals surface area contributed by atoms with E-state index in [0.29, 0.717) is 4.90 Å². The molecule has 2 atom stereocenters. The summed E-state index contributed by atoms with van der Waals surface area (Å²) in [5.74, 6) is -1.57. The zero-order valence-electron chi connectivity index (χ0n) is 9.96. The van der Waals surface area contributed by atoms with E-state index in [9.17, 15) is 22.8 Å². The maximum atomic E-state index is 12.2. The van der Waals surface area contributed by atoms with E-state index >= 15 is 0 Å². The zero-order valence-corrected chi connectivity index (χ0v) is 9.96. The highest BCUT2D eigenvalue weighted by atomic mass is 19.4. The molecule has 2 unspecified atom stereocenters. The second-order valence-electron chi connectivity index (χ2n) is 4.36. The molecule has 2 amide bonds. The number of amides is 2. The van der Waals surface area contributed by atoms with Gasteiger partial charge in [0.05, 0.1) is 0 Å². The fourth-order valence-corrected chi connectivity index (χ4v) is 1.67. The van der Waals surface area contributed by atoms with Crippen LogP contribution in [0.4, 0.5) is 13.2 Å². The Kier molecular flexibility index (Phi) is 4.55.